The quantitative estimate of drug-likeness (QED) is 0.214. The lowest BCUT2D eigenvalue weighted by Crippen LogP contribution is -2.09. The van der Waals surface area contributed by atoms with Crippen LogP contribution in [0, 0.1) is 0 Å². The zero-order chi connectivity index (χ0) is 28.8. The molecule has 0 saturated heterocycles. The van der Waals surface area contributed by atoms with Gasteiger partial charge in [-0.3, -0.25) is 0 Å². The Morgan fingerprint density at radius 2 is 0.795 bits per heavy atom. The average molecular weight is 566 g/mol. The molecule has 0 unspecified atom stereocenters. The van der Waals surface area contributed by atoms with E-state index in [0.29, 0.717) is 0 Å². The minimum absolute atomic E-state index is 0.826. The fourth-order valence-electron chi connectivity index (χ4n) is 6.86. The Labute approximate surface area is 250 Å². The summed E-state index contributed by atoms with van der Waals surface area (Å²) in [5.74, 6) is 0. The highest BCUT2D eigenvalue weighted by Crippen LogP contribution is 2.44. The minimum atomic E-state index is 0.826. The van der Waals surface area contributed by atoms with Crippen LogP contribution in [0.15, 0.2) is 153 Å². The third kappa shape index (κ3) is 3.22. The molecule has 4 heteroatoms. The molecule has 0 spiro atoms. The highest BCUT2D eigenvalue weighted by Gasteiger charge is 2.21. The molecule has 0 radical (unpaired) electrons. The average Bonchev–Trinajstić information content (AvgIpc) is 3.77. The molecule has 0 fully saturated rings. The highest BCUT2D eigenvalue weighted by molar-refractivity contribution is 6.22. The van der Waals surface area contributed by atoms with Crippen molar-refractivity contribution in [1.29, 1.82) is 0 Å². The summed E-state index contributed by atoms with van der Waals surface area (Å²) in [7, 11) is 0. The molecule has 7 aromatic carbocycles. The Balaban J connectivity index is 1.21. The Morgan fingerprint density at radius 3 is 1.48 bits per heavy atom. The monoisotopic (exact) mass is 565 g/mol. The second-order valence-corrected chi connectivity index (χ2v) is 11.3. The van der Waals surface area contributed by atoms with Gasteiger partial charge in [0, 0.05) is 54.8 Å². The van der Waals surface area contributed by atoms with Crippen molar-refractivity contribution < 1.29 is 13.3 Å². The summed E-state index contributed by atoms with van der Waals surface area (Å²) >= 11 is 0. The second kappa shape index (κ2) is 8.76. The summed E-state index contributed by atoms with van der Waals surface area (Å²) in [6, 6.07) is 48.2. The van der Waals surface area contributed by atoms with E-state index in [2.05, 4.69) is 114 Å². The van der Waals surface area contributed by atoms with Crippen molar-refractivity contribution in [2.45, 2.75) is 0 Å². The molecule has 3 heterocycles. The summed E-state index contributed by atoms with van der Waals surface area (Å²) in [6.45, 7) is 0. The van der Waals surface area contributed by atoms with Gasteiger partial charge in [0.05, 0.1) is 11.4 Å². The van der Waals surface area contributed by atoms with Crippen LogP contribution in [0.3, 0.4) is 0 Å². The fourth-order valence-corrected chi connectivity index (χ4v) is 6.86. The van der Waals surface area contributed by atoms with Crippen molar-refractivity contribution in [3.8, 4) is 0 Å². The first-order chi connectivity index (χ1) is 21.8. The van der Waals surface area contributed by atoms with E-state index in [-0.39, 0.29) is 0 Å². The maximum Gasteiger partial charge on any atom is 0.159 e. The molecule has 0 bridgehead atoms. The van der Waals surface area contributed by atoms with Gasteiger partial charge >= 0.3 is 0 Å². The summed E-state index contributed by atoms with van der Waals surface area (Å²) in [5, 5.41) is 8.68. The Hall–Kier alpha value is -6.00. The number of rotatable bonds is 3. The van der Waals surface area contributed by atoms with Crippen LogP contribution in [-0.4, -0.2) is 0 Å². The van der Waals surface area contributed by atoms with Crippen molar-refractivity contribution >= 4 is 93.7 Å². The normalized spacial score (nSPS) is 12.1. The van der Waals surface area contributed by atoms with Gasteiger partial charge in [0.1, 0.15) is 27.9 Å². The predicted molar refractivity (Wildman–Crippen MR) is 180 cm³/mol. The van der Waals surface area contributed by atoms with Gasteiger partial charge in [0.15, 0.2) is 5.58 Å². The molecule has 4 nitrogen and oxygen atoms in total. The predicted octanol–water partition coefficient (Wildman–Crippen LogP) is 12.0. The second-order valence-electron chi connectivity index (χ2n) is 11.3. The first-order valence-electron chi connectivity index (χ1n) is 14.8. The number of furan rings is 3. The third-order valence-corrected chi connectivity index (χ3v) is 8.86. The topological polar surface area (TPSA) is 42.7 Å². The first-order valence-corrected chi connectivity index (χ1v) is 14.8. The van der Waals surface area contributed by atoms with E-state index >= 15 is 0 Å². The van der Waals surface area contributed by atoms with Crippen LogP contribution in [0.5, 0.6) is 0 Å². The molecule has 0 saturated carbocycles. The number of hydrogen-bond donors (Lipinski definition) is 0. The summed E-state index contributed by atoms with van der Waals surface area (Å²) < 4.78 is 19.5. The largest absolute Gasteiger partial charge is 0.455 e. The SMILES string of the molecule is c1ccc(N(c2ccc3c(c2)oc2c3ccc3c2ccc2c4ccccc4oc23)c2cccc3c2oc2ccccc23)cc1. The van der Waals surface area contributed by atoms with Crippen molar-refractivity contribution in [2.24, 2.45) is 0 Å². The van der Waals surface area contributed by atoms with Crippen LogP contribution in [0.2, 0.25) is 0 Å². The summed E-state index contributed by atoms with van der Waals surface area (Å²) in [6.07, 6.45) is 0. The van der Waals surface area contributed by atoms with Crippen LogP contribution < -0.4 is 4.90 Å². The van der Waals surface area contributed by atoms with E-state index in [1.807, 2.05) is 30.3 Å². The molecule has 0 aliphatic rings. The van der Waals surface area contributed by atoms with Gasteiger partial charge in [-0.1, -0.05) is 66.7 Å². The van der Waals surface area contributed by atoms with Gasteiger partial charge in [-0.05, 0) is 66.7 Å². The standard InChI is InChI=1S/C40H23NO3/c1-2-9-24(10-3-1)41(34-14-8-13-29-26-11-4-7-16-36(26)43-40(29)34)25-17-18-28-31-20-22-32-33(39(31)44-37(28)23-25)21-19-30-27-12-5-6-15-35(27)42-38(30)32/h1-23H. The molecule has 10 aromatic rings. The first kappa shape index (κ1) is 23.6. The van der Waals surface area contributed by atoms with E-state index in [4.69, 9.17) is 13.3 Å². The number of hydrogen-bond acceptors (Lipinski definition) is 4. The number of para-hydroxylation sites is 4. The van der Waals surface area contributed by atoms with Crippen LogP contribution in [-0.2, 0) is 0 Å². The lowest BCUT2D eigenvalue weighted by Gasteiger charge is -2.25. The molecule has 3 aromatic heterocycles. The summed E-state index contributed by atoms with van der Waals surface area (Å²) in [5.41, 5.74) is 8.19. The zero-order valence-corrected chi connectivity index (χ0v) is 23.5. The molecule has 0 N–H and O–H groups in total. The lowest BCUT2D eigenvalue weighted by atomic mass is 10.0. The molecule has 0 atom stereocenters. The molecule has 10 rings (SSSR count). The molecule has 44 heavy (non-hydrogen) atoms. The number of nitrogens with zero attached hydrogens (tertiary/aromatic N) is 1. The van der Waals surface area contributed by atoms with Crippen molar-refractivity contribution in [3.63, 3.8) is 0 Å². The Kier molecular flexibility index (Phi) is 4.69. The van der Waals surface area contributed by atoms with Crippen LogP contribution in [0.1, 0.15) is 0 Å². The molecular weight excluding hydrogens is 542 g/mol. The minimum Gasteiger partial charge on any atom is -0.455 e. The van der Waals surface area contributed by atoms with Gasteiger partial charge in [0.25, 0.3) is 0 Å². The van der Waals surface area contributed by atoms with Gasteiger partial charge in [-0.15, -0.1) is 0 Å². The smallest absolute Gasteiger partial charge is 0.159 e. The van der Waals surface area contributed by atoms with Gasteiger partial charge in [-0.25, -0.2) is 0 Å². The molecule has 0 aliphatic heterocycles. The number of fused-ring (bicyclic) bond motifs is 12. The van der Waals surface area contributed by atoms with E-state index in [1.165, 1.54) is 0 Å². The summed E-state index contributed by atoms with van der Waals surface area (Å²) in [4.78, 5) is 2.24. The lowest BCUT2D eigenvalue weighted by molar-refractivity contribution is 0.668. The van der Waals surface area contributed by atoms with Crippen LogP contribution >= 0.6 is 0 Å². The van der Waals surface area contributed by atoms with E-state index < -0.39 is 0 Å². The van der Waals surface area contributed by atoms with E-state index in [1.54, 1.807) is 0 Å². The molecular formula is C40H23NO3. The number of benzene rings is 7. The van der Waals surface area contributed by atoms with Crippen molar-refractivity contribution in [3.05, 3.63) is 140 Å². The number of anilines is 3. The Morgan fingerprint density at radius 1 is 0.318 bits per heavy atom. The maximum atomic E-state index is 6.70. The molecule has 206 valence electrons. The van der Waals surface area contributed by atoms with Gasteiger partial charge in [0.2, 0.25) is 0 Å². The highest BCUT2D eigenvalue weighted by atomic mass is 16.3. The van der Waals surface area contributed by atoms with Gasteiger partial charge < -0.3 is 18.2 Å². The molecule has 0 amide bonds. The van der Waals surface area contributed by atoms with Crippen LogP contribution in [0.4, 0.5) is 17.1 Å². The van der Waals surface area contributed by atoms with E-state index in [0.717, 1.165) is 93.7 Å². The fraction of sp³-hybridized carbons (Fsp3) is 0. The van der Waals surface area contributed by atoms with Crippen molar-refractivity contribution in [1.82, 2.24) is 0 Å². The Bertz CT molecular complexity index is 2730. The van der Waals surface area contributed by atoms with Gasteiger partial charge in [-0.2, -0.15) is 0 Å². The van der Waals surface area contributed by atoms with Crippen molar-refractivity contribution in [2.75, 3.05) is 4.90 Å². The van der Waals surface area contributed by atoms with Crippen LogP contribution in [0.25, 0.3) is 76.6 Å². The molecule has 0 aliphatic carbocycles. The maximum absolute atomic E-state index is 6.70. The third-order valence-electron chi connectivity index (χ3n) is 8.86. The zero-order valence-electron chi connectivity index (χ0n) is 23.5. The van der Waals surface area contributed by atoms with E-state index in [9.17, 15) is 0 Å².